The van der Waals surface area contributed by atoms with E-state index in [-0.39, 0.29) is 12.2 Å². The number of anilines is 1. The third kappa shape index (κ3) is 5.85. The molecule has 0 atom stereocenters. The molecule has 0 unspecified atom stereocenters. The lowest BCUT2D eigenvalue weighted by atomic mass is 10.1. The number of ketones is 1. The van der Waals surface area contributed by atoms with Gasteiger partial charge in [-0.25, -0.2) is 4.98 Å². The molecule has 0 amide bonds. The Balaban J connectivity index is 1.46. The van der Waals surface area contributed by atoms with Crippen LogP contribution in [-0.4, -0.2) is 34.2 Å². The van der Waals surface area contributed by atoms with Gasteiger partial charge in [-0.05, 0) is 43.2 Å². The molecule has 0 saturated heterocycles. The van der Waals surface area contributed by atoms with Crippen LogP contribution in [0.5, 0.6) is 11.5 Å². The molecule has 2 heterocycles. The van der Waals surface area contributed by atoms with Crippen LogP contribution in [0.25, 0.3) is 20.8 Å². The Labute approximate surface area is 200 Å². The van der Waals surface area contributed by atoms with Crippen molar-refractivity contribution in [3.05, 3.63) is 47.0 Å². The third-order valence-corrected chi connectivity index (χ3v) is 6.74. The molecule has 0 aliphatic carbocycles. The van der Waals surface area contributed by atoms with Gasteiger partial charge in [0.25, 0.3) is 0 Å². The second-order valence-corrected chi connectivity index (χ2v) is 9.66. The number of thiazole rings is 1. The Morgan fingerprint density at radius 3 is 2.73 bits per heavy atom. The first-order valence-electron chi connectivity index (χ1n) is 10.9. The molecule has 0 saturated carbocycles. The van der Waals surface area contributed by atoms with Gasteiger partial charge < -0.3 is 15.2 Å². The number of nitrogens with zero attached hydrogens (tertiary/aromatic N) is 3. The number of rotatable bonds is 11. The fourth-order valence-electron chi connectivity index (χ4n) is 3.37. The van der Waals surface area contributed by atoms with Crippen molar-refractivity contribution in [1.82, 2.24) is 15.2 Å². The van der Waals surface area contributed by atoms with Gasteiger partial charge in [0.05, 0.1) is 35.4 Å². The van der Waals surface area contributed by atoms with Crippen molar-refractivity contribution in [3.63, 3.8) is 0 Å². The zero-order valence-corrected chi connectivity index (χ0v) is 20.3. The van der Waals surface area contributed by atoms with Crippen LogP contribution in [0.3, 0.4) is 0 Å². The molecule has 0 aliphatic heterocycles. The number of fused-ring (bicyclic) bond motifs is 1. The fraction of sp³-hybridized carbons (Fsp3) is 0.333. The first-order chi connectivity index (χ1) is 16.1. The molecule has 0 aliphatic rings. The lowest BCUT2D eigenvalue weighted by Crippen LogP contribution is -2.06. The summed E-state index contributed by atoms with van der Waals surface area (Å²) in [7, 11) is 0. The van der Waals surface area contributed by atoms with Gasteiger partial charge in [-0.1, -0.05) is 42.1 Å². The van der Waals surface area contributed by atoms with Crippen LogP contribution in [0.2, 0.25) is 0 Å². The highest BCUT2D eigenvalue weighted by Crippen LogP contribution is 2.35. The minimum atomic E-state index is 0.0839. The highest BCUT2D eigenvalue weighted by molar-refractivity contribution is 7.22. The van der Waals surface area contributed by atoms with Crippen LogP contribution >= 0.6 is 22.7 Å². The van der Waals surface area contributed by atoms with E-state index in [4.69, 9.17) is 15.2 Å². The van der Waals surface area contributed by atoms with E-state index >= 15 is 0 Å². The summed E-state index contributed by atoms with van der Waals surface area (Å²) in [4.78, 5) is 16.9. The van der Waals surface area contributed by atoms with Crippen LogP contribution in [0.15, 0.2) is 36.4 Å². The van der Waals surface area contributed by atoms with Crippen molar-refractivity contribution >= 4 is 43.8 Å². The molecule has 4 rings (SSSR count). The molecule has 9 heteroatoms. The Kier molecular flexibility index (Phi) is 7.51. The lowest BCUT2D eigenvalue weighted by Gasteiger charge is -2.11. The Morgan fingerprint density at radius 2 is 1.91 bits per heavy atom. The highest BCUT2D eigenvalue weighted by Gasteiger charge is 2.16. The minimum absolute atomic E-state index is 0.0839. The summed E-state index contributed by atoms with van der Waals surface area (Å²) in [5.41, 5.74) is 8.43. The fourth-order valence-corrected chi connectivity index (χ4v) is 5.07. The van der Waals surface area contributed by atoms with E-state index in [0.29, 0.717) is 29.8 Å². The average Bonchev–Trinajstić information content (AvgIpc) is 3.39. The number of aromatic nitrogens is 3. The number of hydrogen-bond acceptors (Lipinski definition) is 9. The standard InChI is InChI=1S/C24H26N4O3S2/c1-3-5-10-31-20-14-17(30-4-2)7-8-18(20)23-28-27-22(33-23)13-16(29)11-15-6-9-19-21(12-15)32-24(25)26-19/h6-9,12,14H,3-5,10-11,13H2,1-2H3,(H2,25,26). The van der Waals surface area contributed by atoms with Crippen molar-refractivity contribution in [2.75, 3.05) is 18.9 Å². The molecule has 0 spiro atoms. The zero-order chi connectivity index (χ0) is 23.2. The van der Waals surface area contributed by atoms with Crippen molar-refractivity contribution in [1.29, 1.82) is 0 Å². The average molecular weight is 483 g/mol. The monoisotopic (exact) mass is 482 g/mol. The van der Waals surface area contributed by atoms with Gasteiger partial charge in [-0.15, -0.1) is 10.2 Å². The van der Waals surface area contributed by atoms with Crippen LogP contribution in [0, 0.1) is 0 Å². The molecule has 0 bridgehead atoms. The van der Waals surface area contributed by atoms with Gasteiger partial charge in [0.1, 0.15) is 22.3 Å². The van der Waals surface area contributed by atoms with Crippen LogP contribution in [0.4, 0.5) is 5.13 Å². The summed E-state index contributed by atoms with van der Waals surface area (Å²) >= 11 is 2.84. The number of hydrogen-bond donors (Lipinski definition) is 1. The van der Waals surface area contributed by atoms with Crippen molar-refractivity contribution < 1.29 is 14.3 Å². The number of benzene rings is 2. The smallest absolute Gasteiger partial charge is 0.181 e. The molecular formula is C24H26N4O3S2. The van der Waals surface area contributed by atoms with Gasteiger partial charge in [0.2, 0.25) is 0 Å². The van der Waals surface area contributed by atoms with Crippen LogP contribution < -0.4 is 15.2 Å². The number of carbonyl (C=O) groups is 1. The molecular weight excluding hydrogens is 456 g/mol. The summed E-state index contributed by atoms with van der Waals surface area (Å²) in [6.45, 7) is 5.28. The van der Waals surface area contributed by atoms with E-state index in [0.717, 1.165) is 50.7 Å². The Bertz CT molecular complexity index is 1250. The SMILES string of the molecule is CCCCOc1cc(OCC)ccc1-c1nnc(CC(=O)Cc2ccc3nc(N)sc3c2)s1. The van der Waals surface area contributed by atoms with Gasteiger partial charge in [-0.3, -0.25) is 4.79 Å². The van der Waals surface area contributed by atoms with Crippen molar-refractivity contribution in [2.45, 2.75) is 39.5 Å². The van der Waals surface area contributed by atoms with Gasteiger partial charge in [0.15, 0.2) is 10.1 Å². The number of nitrogen functional groups attached to an aromatic ring is 1. The molecule has 7 nitrogen and oxygen atoms in total. The zero-order valence-electron chi connectivity index (χ0n) is 18.7. The van der Waals surface area contributed by atoms with Crippen LogP contribution in [0.1, 0.15) is 37.3 Å². The maximum absolute atomic E-state index is 12.7. The van der Waals surface area contributed by atoms with E-state index in [2.05, 4.69) is 22.1 Å². The molecule has 2 aromatic heterocycles. The number of ether oxygens (including phenoxy) is 2. The number of Topliss-reactive ketones (excluding diaryl/α,β-unsaturated/α-hetero) is 1. The van der Waals surface area contributed by atoms with Crippen LogP contribution in [-0.2, 0) is 17.6 Å². The molecule has 0 radical (unpaired) electrons. The maximum Gasteiger partial charge on any atom is 0.181 e. The Hall–Kier alpha value is -3.04. The number of nitrogens with two attached hydrogens (primary N) is 1. The van der Waals surface area contributed by atoms with E-state index in [1.165, 1.54) is 22.7 Å². The van der Waals surface area contributed by atoms with Gasteiger partial charge in [-0.2, -0.15) is 0 Å². The first kappa shape index (κ1) is 23.1. The summed E-state index contributed by atoms with van der Waals surface area (Å²) in [5.74, 6) is 1.56. The molecule has 4 aromatic rings. The second-order valence-electron chi connectivity index (χ2n) is 7.54. The molecule has 33 heavy (non-hydrogen) atoms. The Morgan fingerprint density at radius 1 is 1.03 bits per heavy atom. The molecule has 0 fully saturated rings. The maximum atomic E-state index is 12.7. The van der Waals surface area contributed by atoms with Crippen molar-refractivity contribution in [2.24, 2.45) is 0 Å². The van der Waals surface area contributed by atoms with Gasteiger partial charge in [0, 0.05) is 12.5 Å². The number of carbonyl (C=O) groups excluding carboxylic acids is 1. The first-order valence-corrected chi connectivity index (χ1v) is 12.6. The lowest BCUT2D eigenvalue weighted by molar-refractivity contribution is -0.117. The second kappa shape index (κ2) is 10.7. The topological polar surface area (TPSA) is 100 Å². The quantitative estimate of drug-likeness (QED) is 0.288. The van der Waals surface area contributed by atoms with E-state index in [1.54, 1.807) is 0 Å². The third-order valence-electron chi connectivity index (χ3n) is 4.94. The summed E-state index contributed by atoms with van der Waals surface area (Å²) < 4.78 is 12.6. The minimum Gasteiger partial charge on any atom is -0.494 e. The van der Waals surface area contributed by atoms with E-state index in [9.17, 15) is 4.79 Å². The van der Waals surface area contributed by atoms with E-state index < -0.39 is 0 Å². The van der Waals surface area contributed by atoms with Gasteiger partial charge >= 0.3 is 0 Å². The molecule has 172 valence electrons. The van der Waals surface area contributed by atoms with Crippen molar-refractivity contribution in [3.8, 4) is 22.1 Å². The summed E-state index contributed by atoms with van der Waals surface area (Å²) in [6.07, 6.45) is 2.59. The van der Waals surface area contributed by atoms with E-state index in [1.807, 2.05) is 43.3 Å². The normalized spacial score (nSPS) is 11.1. The summed E-state index contributed by atoms with van der Waals surface area (Å²) in [5, 5.41) is 10.5. The molecule has 2 N–H and O–H groups in total. The molecule has 2 aromatic carbocycles. The largest absolute Gasteiger partial charge is 0.494 e. The predicted octanol–water partition coefficient (Wildman–Crippen LogP) is 5.33. The predicted molar refractivity (Wildman–Crippen MR) is 133 cm³/mol. The highest BCUT2D eigenvalue weighted by atomic mass is 32.1. The summed E-state index contributed by atoms with van der Waals surface area (Å²) in [6, 6.07) is 11.5. The number of unbranched alkanes of at least 4 members (excludes halogenated alkanes) is 1.